The molecule has 8 nitrogen and oxygen atoms in total. The number of anilines is 1. The van der Waals surface area contributed by atoms with E-state index < -0.39 is 23.8 Å². The first-order valence-corrected chi connectivity index (χ1v) is 11.3. The van der Waals surface area contributed by atoms with Crippen LogP contribution in [0.15, 0.2) is 53.5 Å². The topological polar surface area (TPSA) is 83.5 Å². The molecule has 0 saturated carbocycles. The Hall–Kier alpha value is -3.26. The fraction of sp³-hybridized carbons (Fsp3) is 0.375. The lowest BCUT2D eigenvalue weighted by atomic mass is 9.91. The van der Waals surface area contributed by atoms with Gasteiger partial charge in [0.05, 0.1) is 13.7 Å². The SMILES string of the molecule is CCOC(=O)[C@H]1C(=O)NC(N2CCN(c3ccc(OC)cc3)CC2)=N[C@@H]1c1ccc(Cl)cc1. The van der Waals surface area contributed by atoms with Crippen LogP contribution in [0.25, 0.3) is 0 Å². The van der Waals surface area contributed by atoms with Gasteiger partial charge in [-0.05, 0) is 48.9 Å². The Morgan fingerprint density at radius 2 is 1.70 bits per heavy atom. The lowest BCUT2D eigenvalue weighted by molar-refractivity contribution is -0.153. The van der Waals surface area contributed by atoms with Crippen molar-refractivity contribution >= 4 is 35.1 Å². The maximum Gasteiger partial charge on any atom is 0.321 e. The molecule has 33 heavy (non-hydrogen) atoms. The zero-order chi connectivity index (χ0) is 23.4. The number of halogens is 1. The van der Waals surface area contributed by atoms with Crippen LogP contribution in [0.3, 0.4) is 0 Å². The Morgan fingerprint density at radius 1 is 1.06 bits per heavy atom. The van der Waals surface area contributed by atoms with Gasteiger partial charge < -0.3 is 19.3 Å². The molecule has 1 N–H and O–H groups in total. The molecule has 2 aliphatic heterocycles. The minimum atomic E-state index is -1.05. The molecule has 2 aliphatic rings. The number of esters is 1. The number of hydrogen-bond acceptors (Lipinski definition) is 7. The molecular formula is C24H27ClN4O4. The largest absolute Gasteiger partial charge is 0.497 e. The van der Waals surface area contributed by atoms with E-state index >= 15 is 0 Å². The first-order chi connectivity index (χ1) is 16.0. The van der Waals surface area contributed by atoms with Crippen LogP contribution in [-0.4, -0.2) is 62.6 Å². The Kier molecular flexibility index (Phi) is 7.03. The first-order valence-electron chi connectivity index (χ1n) is 10.9. The minimum absolute atomic E-state index is 0.194. The van der Waals surface area contributed by atoms with E-state index in [1.165, 1.54) is 0 Å². The normalized spacial score (nSPS) is 20.7. The third-order valence-corrected chi connectivity index (χ3v) is 6.12. The molecular weight excluding hydrogens is 444 g/mol. The number of carbonyl (C=O) groups excluding carboxylic acids is 2. The standard InChI is InChI=1S/C24H27ClN4O4/c1-3-33-23(31)20-21(16-4-6-17(25)7-5-16)26-24(27-22(20)30)29-14-12-28(13-15-29)18-8-10-19(32-2)11-9-18/h4-11,20-21H,3,12-15H2,1-2H3,(H,26,27,30)/t20-,21-/m1/s1. The van der Waals surface area contributed by atoms with E-state index in [0.717, 1.165) is 30.1 Å². The van der Waals surface area contributed by atoms with Gasteiger partial charge in [-0.2, -0.15) is 0 Å². The number of methoxy groups -OCH3 is 1. The number of nitrogens with one attached hydrogen (secondary N) is 1. The van der Waals surface area contributed by atoms with Crippen LogP contribution in [0.2, 0.25) is 5.02 Å². The number of carbonyl (C=O) groups is 2. The molecule has 1 amide bonds. The van der Waals surface area contributed by atoms with Crippen molar-refractivity contribution < 1.29 is 19.1 Å². The van der Waals surface area contributed by atoms with Crippen molar-refractivity contribution in [2.45, 2.75) is 13.0 Å². The summed E-state index contributed by atoms with van der Waals surface area (Å²) in [5, 5.41) is 3.41. The van der Waals surface area contributed by atoms with Crippen LogP contribution in [0, 0.1) is 5.92 Å². The average molecular weight is 471 g/mol. The molecule has 4 rings (SSSR count). The van der Waals surface area contributed by atoms with Gasteiger partial charge in [-0.15, -0.1) is 0 Å². The molecule has 2 heterocycles. The molecule has 0 unspecified atom stereocenters. The summed E-state index contributed by atoms with van der Waals surface area (Å²) in [6.45, 7) is 4.82. The Bertz CT molecular complexity index is 1020. The lowest BCUT2D eigenvalue weighted by Crippen LogP contribution is -2.57. The van der Waals surface area contributed by atoms with E-state index in [0.29, 0.717) is 24.1 Å². The van der Waals surface area contributed by atoms with Crippen LogP contribution in [0.1, 0.15) is 18.5 Å². The summed E-state index contributed by atoms with van der Waals surface area (Å²) < 4.78 is 10.4. The van der Waals surface area contributed by atoms with Gasteiger partial charge in [0.25, 0.3) is 0 Å². The van der Waals surface area contributed by atoms with Crippen molar-refractivity contribution in [1.29, 1.82) is 0 Å². The highest BCUT2D eigenvalue weighted by atomic mass is 35.5. The third-order valence-electron chi connectivity index (χ3n) is 5.86. The van der Waals surface area contributed by atoms with Gasteiger partial charge in [0.15, 0.2) is 5.92 Å². The molecule has 0 aliphatic carbocycles. The second-order valence-corrected chi connectivity index (χ2v) is 8.28. The van der Waals surface area contributed by atoms with Gasteiger partial charge in [-0.1, -0.05) is 23.7 Å². The quantitative estimate of drug-likeness (QED) is 0.534. The van der Waals surface area contributed by atoms with Gasteiger partial charge in [0, 0.05) is 36.9 Å². The summed E-state index contributed by atoms with van der Waals surface area (Å²) in [6.07, 6.45) is 0. The van der Waals surface area contributed by atoms with Crippen LogP contribution >= 0.6 is 11.6 Å². The maximum atomic E-state index is 13.0. The van der Waals surface area contributed by atoms with Gasteiger partial charge in [0.1, 0.15) is 11.8 Å². The number of amides is 1. The van der Waals surface area contributed by atoms with Gasteiger partial charge in [0.2, 0.25) is 11.9 Å². The zero-order valence-corrected chi connectivity index (χ0v) is 19.4. The van der Waals surface area contributed by atoms with Crippen LogP contribution < -0.4 is 15.0 Å². The highest BCUT2D eigenvalue weighted by Gasteiger charge is 2.42. The van der Waals surface area contributed by atoms with Crippen LogP contribution in [-0.2, 0) is 14.3 Å². The van der Waals surface area contributed by atoms with Crippen molar-refractivity contribution in [3.05, 3.63) is 59.1 Å². The minimum Gasteiger partial charge on any atom is -0.497 e. The molecule has 0 bridgehead atoms. The predicted octanol–water partition coefficient (Wildman–Crippen LogP) is 2.88. The lowest BCUT2D eigenvalue weighted by Gasteiger charge is -2.39. The van der Waals surface area contributed by atoms with Crippen molar-refractivity contribution in [3.8, 4) is 5.75 Å². The van der Waals surface area contributed by atoms with E-state index in [4.69, 9.17) is 26.1 Å². The van der Waals surface area contributed by atoms with Gasteiger partial charge >= 0.3 is 5.97 Å². The monoisotopic (exact) mass is 470 g/mol. The van der Waals surface area contributed by atoms with E-state index in [-0.39, 0.29) is 6.61 Å². The van der Waals surface area contributed by atoms with E-state index in [9.17, 15) is 9.59 Å². The van der Waals surface area contributed by atoms with Crippen LogP contribution in [0.4, 0.5) is 5.69 Å². The number of nitrogens with zero attached hydrogens (tertiary/aromatic N) is 3. The smallest absolute Gasteiger partial charge is 0.321 e. The molecule has 0 radical (unpaired) electrons. The number of ether oxygens (including phenoxy) is 2. The fourth-order valence-corrected chi connectivity index (χ4v) is 4.22. The zero-order valence-electron chi connectivity index (χ0n) is 18.7. The van der Waals surface area contributed by atoms with E-state index in [1.54, 1.807) is 38.3 Å². The summed E-state index contributed by atoms with van der Waals surface area (Å²) in [6, 6.07) is 14.3. The summed E-state index contributed by atoms with van der Waals surface area (Å²) in [5.74, 6) is -0.732. The molecule has 2 atom stereocenters. The maximum absolute atomic E-state index is 13.0. The fourth-order valence-electron chi connectivity index (χ4n) is 4.09. The predicted molar refractivity (Wildman–Crippen MR) is 127 cm³/mol. The van der Waals surface area contributed by atoms with Gasteiger partial charge in [-0.3, -0.25) is 14.9 Å². The highest BCUT2D eigenvalue weighted by Crippen LogP contribution is 2.32. The summed E-state index contributed by atoms with van der Waals surface area (Å²) in [7, 11) is 1.65. The molecule has 1 fully saturated rings. The second kappa shape index (κ2) is 10.1. The second-order valence-electron chi connectivity index (χ2n) is 7.84. The molecule has 2 aromatic carbocycles. The number of rotatable bonds is 5. The molecule has 174 valence electrons. The number of hydrogen-bond donors (Lipinski definition) is 1. The number of aliphatic imine (C=N–C) groups is 1. The Balaban J connectivity index is 1.53. The highest BCUT2D eigenvalue weighted by molar-refractivity contribution is 6.30. The summed E-state index contributed by atoms with van der Waals surface area (Å²) >= 11 is 6.03. The van der Waals surface area contributed by atoms with E-state index in [2.05, 4.69) is 10.2 Å². The molecule has 1 saturated heterocycles. The van der Waals surface area contributed by atoms with Crippen LogP contribution in [0.5, 0.6) is 5.75 Å². The Morgan fingerprint density at radius 3 is 2.30 bits per heavy atom. The first kappa shape index (κ1) is 22.9. The molecule has 9 heteroatoms. The Labute approximate surface area is 198 Å². The summed E-state index contributed by atoms with van der Waals surface area (Å²) in [5.41, 5.74) is 1.85. The third kappa shape index (κ3) is 5.06. The van der Waals surface area contributed by atoms with Crippen molar-refractivity contribution in [2.75, 3.05) is 44.8 Å². The number of benzene rings is 2. The molecule has 0 spiro atoms. The number of guanidine groups is 1. The molecule has 0 aromatic heterocycles. The summed E-state index contributed by atoms with van der Waals surface area (Å²) in [4.78, 5) is 34.7. The average Bonchev–Trinajstić information content (AvgIpc) is 2.84. The van der Waals surface area contributed by atoms with Crippen molar-refractivity contribution in [1.82, 2.24) is 10.2 Å². The van der Waals surface area contributed by atoms with Crippen molar-refractivity contribution in [2.24, 2.45) is 10.9 Å². The number of piperazine rings is 1. The van der Waals surface area contributed by atoms with Crippen molar-refractivity contribution in [3.63, 3.8) is 0 Å². The molecule has 2 aromatic rings. The van der Waals surface area contributed by atoms with E-state index in [1.807, 2.05) is 29.2 Å². The van der Waals surface area contributed by atoms with Gasteiger partial charge in [-0.25, -0.2) is 4.99 Å².